The Morgan fingerprint density at radius 3 is 0.881 bits per heavy atom. The lowest BCUT2D eigenvalue weighted by molar-refractivity contribution is 0.101. The number of carbonyl (C=O) groups excluding carboxylic acids is 4. The van der Waals surface area contributed by atoms with Crippen LogP contribution in [-0.2, 0) is 0 Å². The average molecular weight is 555 g/mol. The zero-order valence-electron chi connectivity index (χ0n) is 22.3. The summed E-state index contributed by atoms with van der Waals surface area (Å²) in [5.74, 6) is -1.23. The number of anilines is 4. The van der Waals surface area contributed by atoms with Crippen molar-refractivity contribution in [1.82, 2.24) is 0 Å². The summed E-state index contributed by atoms with van der Waals surface area (Å²) in [4.78, 5) is 50.4. The first-order valence-electron chi connectivity index (χ1n) is 13.1. The van der Waals surface area contributed by atoms with Crippen LogP contribution in [0.25, 0.3) is 0 Å². The van der Waals surface area contributed by atoms with Crippen LogP contribution in [0.4, 0.5) is 22.7 Å². The SMILES string of the molecule is O=C(Nc1ccc(NC(=O)c2cccc(C(=O)Nc3ccc(NC(=O)c4ccccc4)cc3)c2)cc1)c1ccccc1. The molecule has 5 aromatic carbocycles. The van der Waals surface area contributed by atoms with Crippen molar-refractivity contribution in [3.05, 3.63) is 156 Å². The molecule has 206 valence electrons. The van der Waals surface area contributed by atoms with E-state index in [0.29, 0.717) is 45.0 Å². The van der Waals surface area contributed by atoms with Gasteiger partial charge in [0, 0.05) is 45.0 Å². The third kappa shape index (κ3) is 7.13. The highest BCUT2D eigenvalue weighted by Gasteiger charge is 2.12. The monoisotopic (exact) mass is 554 g/mol. The smallest absolute Gasteiger partial charge is 0.255 e. The average Bonchev–Trinajstić information content (AvgIpc) is 3.03. The molecule has 0 bridgehead atoms. The minimum absolute atomic E-state index is 0.228. The molecule has 0 aromatic heterocycles. The van der Waals surface area contributed by atoms with Gasteiger partial charge in [0.2, 0.25) is 0 Å². The van der Waals surface area contributed by atoms with Gasteiger partial charge in [-0.15, -0.1) is 0 Å². The Bertz CT molecular complexity index is 1590. The molecular weight excluding hydrogens is 528 g/mol. The lowest BCUT2D eigenvalue weighted by atomic mass is 10.1. The number of hydrogen-bond acceptors (Lipinski definition) is 4. The predicted octanol–water partition coefficient (Wildman–Crippen LogP) is 6.70. The summed E-state index contributed by atoms with van der Waals surface area (Å²) in [6, 6.07) is 37.6. The normalized spacial score (nSPS) is 10.3. The van der Waals surface area contributed by atoms with Crippen molar-refractivity contribution in [3.63, 3.8) is 0 Å². The van der Waals surface area contributed by atoms with E-state index >= 15 is 0 Å². The second-order valence-electron chi connectivity index (χ2n) is 9.28. The van der Waals surface area contributed by atoms with Gasteiger partial charge in [-0.05, 0) is 91.0 Å². The van der Waals surface area contributed by atoms with Gasteiger partial charge in [-0.3, -0.25) is 19.2 Å². The van der Waals surface area contributed by atoms with Crippen molar-refractivity contribution in [3.8, 4) is 0 Å². The highest BCUT2D eigenvalue weighted by molar-refractivity contribution is 6.09. The molecule has 0 heterocycles. The molecule has 0 saturated heterocycles. The maximum absolute atomic E-state index is 12.9. The summed E-state index contributed by atoms with van der Waals surface area (Å²) in [5.41, 5.74) is 3.95. The number of nitrogens with one attached hydrogen (secondary N) is 4. The molecule has 4 N–H and O–H groups in total. The van der Waals surface area contributed by atoms with Gasteiger partial charge in [0.15, 0.2) is 0 Å². The first kappa shape index (κ1) is 27.5. The fourth-order valence-electron chi connectivity index (χ4n) is 4.07. The Hall–Kier alpha value is -6.02. The maximum Gasteiger partial charge on any atom is 0.255 e. The Morgan fingerprint density at radius 1 is 0.310 bits per heavy atom. The zero-order valence-corrected chi connectivity index (χ0v) is 22.3. The predicted molar refractivity (Wildman–Crippen MR) is 164 cm³/mol. The van der Waals surface area contributed by atoms with E-state index in [4.69, 9.17) is 0 Å². The topological polar surface area (TPSA) is 116 Å². The molecule has 0 aliphatic heterocycles. The van der Waals surface area contributed by atoms with Gasteiger partial charge >= 0.3 is 0 Å². The molecule has 0 aliphatic carbocycles. The van der Waals surface area contributed by atoms with Crippen molar-refractivity contribution >= 4 is 46.4 Å². The molecule has 4 amide bonds. The molecule has 0 unspecified atom stereocenters. The second kappa shape index (κ2) is 12.9. The molecule has 8 heteroatoms. The minimum Gasteiger partial charge on any atom is -0.322 e. The Labute approximate surface area is 242 Å². The quantitative estimate of drug-likeness (QED) is 0.171. The lowest BCUT2D eigenvalue weighted by Gasteiger charge is -2.10. The number of hydrogen-bond donors (Lipinski definition) is 4. The molecule has 0 aliphatic rings. The largest absolute Gasteiger partial charge is 0.322 e. The number of benzene rings is 5. The van der Waals surface area contributed by atoms with E-state index in [1.807, 2.05) is 12.1 Å². The van der Waals surface area contributed by atoms with E-state index in [1.54, 1.807) is 115 Å². The molecular formula is C34H26N4O4. The van der Waals surface area contributed by atoms with Crippen LogP contribution in [0.15, 0.2) is 133 Å². The first-order valence-corrected chi connectivity index (χ1v) is 13.1. The van der Waals surface area contributed by atoms with E-state index in [1.165, 1.54) is 6.07 Å². The molecule has 0 spiro atoms. The van der Waals surface area contributed by atoms with Crippen molar-refractivity contribution in [2.45, 2.75) is 0 Å². The van der Waals surface area contributed by atoms with Gasteiger partial charge in [-0.1, -0.05) is 42.5 Å². The Morgan fingerprint density at radius 2 is 0.571 bits per heavy atom. The van der Waals surface area contributed by atoms with Crippen LogP contribution < -0.4 is 21.3 Å². The van der Waals surface area contributed by atoms with Crippen molar-refractivity contribution in [2.24, 2.45) is 0 Å². The van der Waals surface area contributed by atoms with E-state index in [-0.39, 0.29) is 23.6 Å². The minimum atomic E-state index is -0.385. The third-order valence-corrected chi connectivity index (χ3v) is 6.26. The van der Waals surface area contributed by atoms with Crippen molar-refractivity contribution in [2.75, 3.05) is 21.3 Å². The molecule has 0 radical (unpaired) electrons. The van der Waals surface area contributed by atoms with Gasteiger partial charge < -0.3 is 21.3 Å². The van der Waals surface area contributed by atoms with Crippen LogP contribution in [-0.4, -0.2) is 23.6 Å². The van der Waals surface area contributed by atoms with Gasteiger partial charge in [0.25, 0.3) is 23.6 Å². The number of carbonyl (C=O) groups is 4. The van der Waals surface area contributed by atoms with E-state index in [0.717, 1.165) is 0 Å². The fraction of sp³-hybridized carbons (Fsp3) is 0. The summed E-state index contributed by atoms with van der Waals surface area (Å²) in [6.45, 7) is 0. The van der Waals surface area contributed by atoms with Gasteiger partial charge in [-0.25, -0.2) is 0 Å². The Balaban J connectivity index is 1.16. The van der Waals surface area contributed by atoms with Crippen LogP contribution >= 0.6 is 0 Å². The number of rotatable bonds is 8. The summed E-state index contributed by atoms with van der Waals surface area (Å²) in [7, 11) is 0. The third-order valence-electron chi connectivity index (χ3n) is 6.26. The highest BCUT2D eigenvalue weighted by Crippen LogP contribution is 2.18. The molecule has 8 nitrogen and oxygen atoms in total. The summed E-state index contributed by atoms with van der Waals surface area (Å²) < 4.78 is 0. The van der Waals surface area contributed by atoms with Crippen molar-refractivity contribution in [1.29, 1.82) is 0 Å². The maximum atomic E-state index is 12.9. The van der Waals surface area contributed by atoms with Gasteiger partial charge in [0.05, 0.1) is 0 Å². The molecule has 0 atom stereocenters. The molecule has 0 fully saturated rings. The van der Waals surface area contributed by atoms with E-state index in [2.05, 4.69) is 21.3 Å². The van der Waals surface area contributed by atoms with Crippen LogP contribution in [0.2, 0.25) is 0 Å². The summed E-state index contributed by atoms with van der Waals surface area (Å²) in [6.07, 6.45) is 0. The standard InChI is InChI=1S/C34H26N4O4/c39-31(23-8-3-1-4-9-23)35-27-14-18-29(19-15-27)37-33(41)25-12-7-13-26(22-25)34(42)38-30-20-16-28(17-21-30)36-32(40)24-10-5-2-6-11-24/h1-22H,(H,35,39)(H,36,40)(H,37,41)(H,38,42). The number of amides is 4. The van der Waals surface area contributed by atoms with Crippen LogP contribution in [0, 0.1) is 0 Å². The highest BCUT2D eigenvalue weighted by atomic mass is 16.2. The van der Waals surface area contributed by atoms with E-state index in [9.17, 15) is 19.2 Å². The summed E-state index contributed by atoms with van der Waals surface area (Å²) in [5, 5.41) is 11.2. The lowest BCUT2D eigenvalue weighted by Crippen LogP contribution is -2.16. The molecule has 5 rings (SSSR count). The molecule has 5 aromatic rings. The fourth-order valence-corrected chi connectivity index (χ4v) is 4.07. The van der Waals surface area contributed by atoms with Crippen LogP contribution in [0.5, 0.6) is 0 Å². The van der Waals surface area contributed by atoms with Gasteiger partial charge in [0.1, 0.15) is 0 Å². The Kier molecular flexibility index (Phi) is 8.45. The van der Waals surface area contributed by atoms with Crippen molar-refractivity contribution < 1.29 is 19.2 Å². The first-order chi connectivity index (χ1) is 20.4. The molecule has 0 saturated carbocycles. The van der Waals surface area contributed by atoms with Crippen LogP contribution in [0.3, 0.4) is 0 Å². The summed E-state index contributed by atoms with van der Waals surface area (Å²) >= 11 is 0. The van der Waals surface area contributed by atoms with E-state index < -0.39 is 0 Å². The second-order valence-corrected chi connectivity index (χ2v) is 9.28. The van der Waals surface area contributed by atoms with Gasteiger partial charge in [-0.2, -0.15) is 0 Å². The molecule has 42 heavy (non-hydrogen) atoms. The van der Waals surface area contributed by atoms with Crippen LogP contribution in [0.1, 0.15) is 41.4 Å². The zero-order chi connectivity index (χ0) is 29.3.